The van der Waals surface area contributed by atoms with Gasteiger partial charge in [0, 0.05) is 18.1 Å². The SMILES string of the molecule is O=C(O)N1Cc2cc(Cl)ccc2-n2c(nnc2N2CCC3(CC2)OCc2ccccc23)C1. The molecule has 1 N–H and O–H groups in total. The molecular formula is C23H22ClN5O3. The van der Waals surface area contributed by atoms with E-state index in [9.17, 15) is 9.90 Å². The lowest BCUT2D eigenvalue weighted by Gasteiger charge is -2.39. The molecule has 0 saturated carbocycles. The molecule has 1 aromatic heterocycles. The summed E-state index contributed by atoms with van der Waals surface area (Å²) in [5, 5.41) is 19.1. The minimum Gasteiger partial charge on any atom is -0.465 e. The van der Waals surface area contributed by atoms with Gasteiger partial charge in [-0.2, -0.15) is 0 Å². The van der Waals surface area contributed by atoms with Gasteiger partial charge in [0.15, 0.2) is 5.82 Å². The van der Waals surface area contributed by atoms with Gasteiger partial charge in [-0.3, -0.25) is 9.47 Å². The molecule has 1 fully saturated rings. The number of amides is 1. The van der Waals surface area contributed by atoms with Crippen LogP contribution in [-0.2, 0) is 30.0 Å². The second kappa shape index (κ2) is 7.21. The van der Waals surface area contributed by atoms with Crippen LogP contribution in [0.5, 0.6) is 0 Å². The first-order valence-corrected chi connectivity index (χ1v) is 11.1. The van der Waals surface area contributed by atoms with E-state index in [0.717, 1.165) is 43.1 Å². The van der Waals surface area contributed by atoms with Crippen molar-refractivity contribution in [1.29, 1.82) is 0 Å². The van der Waals surface area contributed by atoms with Gasteiger partial charge in [-0.15, -0.1) is 10.2 Å². The van der Waals surface area contributed by atoms with Crippen molar-refractivity contribution in [3.63, 3.8) is 0 Å². The molecule has 32 heavy (non-hydrogen) atoms. The van der Waals surface area contributed by atoms with Crippen LogP contribution in [0.3, 0.4) is 0 Å². The molecule has 0 radical (unpaired) electrons. The molecule has 8 nitrogen and oxygen atoms in total. The zero-order valence-corrected chi connectivity index (χ0v) is 18.1. The van der Waals surface area contributed by atoms with Crippen molar-refractivity contribution < 1.29 is 14.6 Å². The molecule has 0 bridgehead atoms. The zero-order valence-electron chi connectivity index (χ0n) is 17.4. The number of halogens is 1. The summed E-state index contributed by atoms with van der Waals surface area (Å²) in [5.41, 5.74) is 4.05. The number of anilines is 1. The van der Waals surface area contributed by atoms with E-state index in [1.807, 2.05) is 22.8 Å². The van der Waals surface area contributed by atoms with Crippen LogP contribution >= 0.6 is 11.6 Å². The Hall–Kier alpha value is -3.10. The molecule has 1 amide bonds. The van der Waals surface area contributed by atoms with Crippen molar-refractivity contribution in [2.45, 2.75) is 38.1 Å². The number of hydrogen-bond acceptors (Lipinski definition) is 5. The highest BCUT2D eigenvalue weighted by atomic mass is 35.5. The number of rotatable bonds is 1. The standard InChI is InChI=1S/C23H22ClN5O3/c24-17-5-6-19-16(11-17)12-28(22(30)31)13-20-25-26-21(29(19)20)27-9-7-23(8-10-27)18-4-2-1-3-15(18)14-32-23/h1-6,11H,7-10,12-14H2,(H,30,31). The summed E-state index contributed by atoms with van der Waals surface area (Å²) >= 11 is 6.23. The predicted molar refractivity (Wildman–Crippen MR) is 118 cm³/mol. The van der Waals surface area contributed by atoms with Crippen LogP contribution < -0.4 is 4.90 Å². The Labute approximate surface area is 190 Å². The molecule has 2 aromatic carbocycles. The van der Waals surface area contributed by atoms with E-state index in [0.29, 0.717) is 17.5 Å². The molecule has 0 aliphatic carbocycles. The molecule has 3 aliphatic rings. The molecule has 1 spiro atoms. The van der Waals surface area contributed by atoms with Crippen LogP contribution in [0.15, 0.2) is 42.5 Å². The van der Waals surface area contributed by atoms with Crippen LogP contribution in [0.2, 0.25) is 5.02 Å². The maximum atomic E-state index is 11.8. The van der Waals surface area contributed by atoms with Crippen LogP contribution in [-0.4, -0.2) is 44.0 Å². The minimum absolute atomic E-state index is 0.170. The van der Waals surface area contributed by atoms with E-state index in [2.05, 4.69) is 39.4 Å². The van der Waals surface area contributed by atoms with Gasteiger partial charge in [-0.25, -0.2) is 4.79 Å². The Kier molecular flexibility index (Phi) is 4.41. The van der Waals surface area contributed by atoms with Crippen molar-refractivity contribution in [3.8, 4) is 5.69 Å². The van der Waals surface area contributed by atoms with Gasteiger partial charge in [0.2, 0.25) is 5.95 Å². The van der Waals surface area contributed by atoms with Crippen molar-refractivity contribution in [2.24, 2.45) is 0 Å². The second-order valence-electron chi connectivity index (χ2n) is 8.59. The number of piperidine rings is 1. The van der Waals surface area contributed by atoms with E-state index in [4.69, 9.17) is 16.3 Å². The number of aromatic nitrogens is 3. The molecule has 3 aliphatic heterocycles. The van der Waals surface area contributed by atoms with Crippen LogP contribution in [0.4, 0.5) is 10.7 Å². The van der Waals surface area contributed by atoms with E-state index in [1.54, 1.807) is 0 Å². The topological polar surface area (TPSA) is 83.7 Å². The van der Waals surface area contributed by atoms with Crippen LogP contribution in [0.25, 0.3) is 5.69 Å². The molecule has 164 valence electrons. The molecule has 3 aromatic rings. The third-order valence-electron chi connectivity index (χ3n) is 6.83. The Balaban J connectivity index is 1.35. The van der Waals surface area contributed by atoms with E-state index in [1.165, 1.54) is 16.0 Å². The monoisotopic (exact) mass is 451 g/mol. The molecule has 6 rings (SSSR count). The highest BCUT2D eigenvalue weighted by Gasteiger charge is 2.43. The highest BCUT2D eigenvalue weighted by Crippen LogP contribution is 2.44. The summed E-state index contributed by atoms with van der Waals surface area (Å²) in [7, 11) is 0. The number of hydrogen-bond donors (Lipinski definition) is 1. The third kappa shape index (κ3) is 2.97. The lowest BCUT2D eigenvalue weighted by Crippen LogP contribution is -2.43. The van der Waals surface area contributed by atoms with Crippen molar-refractivity contribution >= 4 is 23.6 Å². The normalized spacial score (nSPS) is 18.8. The summed E-state index contributed by atoms with van der Waals surface area (Å²) in [6.45, 7) is 2.64. The average Bonchev–Trinajstić information content (AvgIpc) is 3.32. The summed E-state index contributed by atoms with van der Waals surface area (Å²) in [6, 6.07) is 14.0. The summed E-state index contributed by atoms with van der Waals surface area (Å²) in [6.07, 6.45) is 0.730. The fourth-order valence-electron chi connectivity index (χ4n) is 5.19. The van der Waals surface area contributed by atoms with Gasteiger partial charge in [-0.1, -0.05) is 35.9 Å². The Morgan fingerprint density at radius 3 is 2.69 bits per heavy atom. The van der Waals surface area contributed by atoms with Crippen molar-refractivity contribution in [1.82, 2.24) is 19.7 Å². The first-order chi connectivity index (χ1) is 15.5. The molecule has 0 unspecified atom stereocenters. The Morgan fingerprint density at radius 1 is 1.06 bits per heavy atom. The number of benzene rings is 2. The van der Waals surface area contributed by atoms with Crippen LogP contribution in [0, 0.1) is 0 Å². The van der Waals surface area contributed by atoms with Gasteiger partial charge in [-0.05, 0) is 47.7 Å². The van der Waals surface area contributed by atoms with Crippen LogP contribution in [0.1, 0.15) is 35.4 Å². The van der Waals surface area contributed by atoms with Gasteiger partial charge in [0.1, 0.15) is 0 Å². The van der Waals surface area contributed by atoms with E-state index >= 15 is 0 Å². The maximum absolute atomic E-state index is 11.8. The van der Waals surface area contributed by atoms with E-state index in [-0.39, 0.29) is 18.7 Å². The van der Waals surface area contributed by atoms with Gasteiger partial charge < -0.3 is 14.7 Å². The fraction of sp³-hybridized carbons (Fsp3) is 0.348. The maximum Gasteiger partial charge on any atom is 0.408 e. The number of carbonyl (C=O) groups is 1. The smallest absolute Gasteiger partial charge is 0.408 e. The summed E-state index contributed by atoms with van der Waals surface area (Å²) in [5.74, 6) is 1.34. The summed E-state index contributed by atoms with van der Waals surface area (Å²) in [4.78, 5) is 15.3. The van der Waals surface area contributed by atoms with E-state index < -0.39 is 6.09 Å². The quantitative estimate of drug-likeness (QED) is 0.603. The first kappa shape index (κ1) is 19.6. The Morgan fingerprint density at radius 2 is 1.88 bits per heavy atom. The fourth-order valence-corrected chi connectivity index (χ4v) is 5.39. The van der Waals surface area contributed by atoms with Gasteiger partial charge in [0.25, 0.3) is 0 Å². The molecule has 9 heteroatoms. The second-order valence-corrected chi connectivity index (χ2v) is 9.03. The predicted octanol–water partition coefficient (Wildman–Crippen LogP) is 3.94. The average molecular weight is 452 g/mol. The third-order valence-corrected chi connectivity index (χ3v) is 7.06. The van der Waals surface area contributed by atoms with Gasteiger partial charge in [0.05, 0.1) is 31.0 Å². The molecular weight excluding hydrogens is 430 g/mol. The van der Waals surface area contributed by atoms with Crippen molar-refractivity contribution in [2.75, 3.05) is 18.0 Å². The number of nitrogens with zero attached hydrogens (tertiary/aromatic N) is 5. The highest BCUT2D eigenvalue weighted by molar-refractivity contribution is 6.30. The Bertz CT molecular complexity index is 1220. The lowest BCUT2D eigenvalue weighted by molar-refractivity contribution is -0.0553. The number of ether oxygens (including phenoxy) is 1. The minimum atomic E-state index is -0.995. The lowest BCUT2D eigenvalue weighted by atomic mass is 9.84. The molecule has 0 atom stereocenters. The summed E-state index contributed by atoms with van der Waals surface area (Å²) < 4.78 is 8.29. The number of fused-ring (bicyclic) bond motifs is 5. The molecule has 4 heterocycles. The van der Waals surface area contributed by atoms with Crippen molar-refractivity contribution in [3.05, 3.63) is 70.0 Å². The number of carboxylic acid groups (broad SMARTS) is 1. The molecule has 1 saturated heterocycles. The largest absolute Gasteiger partial charge is 0.465 e. The van der Waals surface area contributed by atoms with Gasteiger partial charge >= 0.3 is 6.09 Å². The zero-order chi connectivity index (χ0) is 21.9. The first-order valence-electron chi connectivity index (χ1n) is 10.7.